The van der Waals surface area contributed by atoms with Gasteiger partial charge in [-0.05, 0) is 77.3 Å². The van der Waals surface area contributed by atoms with Crippen LogP contribution in [0.25, 0.3) is 6.08 Å². The third kappa shape index (κ3) is 7.23. The summed E-state index contributed by atoms with van der Waals surface area (Å²) in [6.45, 7) is 4.42. The van der Waals surface area contributed by atoms with Gasteiger partial charge in [-0.15, -0.1) is 0 Å². The zero-order chi connectivity index (χ0) is 33.8. The zero-order valence-corrected chi connectivity index (χ0v) is 29.0. The minimum atomic E-state index is -0.896. The molecule has 0 fully saturated rings. The molecule has 5 rings (SSSR count). The second-order valence-electron chi connectivity index (χ2n) is 9.88. The summed E-state index contributed by atoms with van der Waals surface area (Å²) in [5.74, 6) is 0.302. The van der Waals surface area contributed by atoms with Gasteiger partial charge in [-0.1, -0.05) is 46.7 Å². The van der Waals surface area contributed by atoms with Crippen LogP contribution >= 0.6 is 50.5 Å². The van der Waals surface area contributed by atoms with Gasteiger partial charge in [0.25, 0.3) is 5.56 Å². The normalized spacial score (nSPS) is 14.1. The number of nitro groups is 1. The smallest absolute Gasteiger partial charge is 0.337 e. The van der Waals surface area contributed by atoms with Gasteiger partial charge in [0.05, 0.1) is 45.9 Å². The monoisotopic (exact) mass is 761 g/mol. The first-order valence-corrected chi connectivity index (χ1v) is 16.5. The fraction of sp³-hybridized carbons (Fsp3) is 0.219. The average Bonchev–Trinajstić information content (AvgIpc) is 3.35. The van der Waals surface area contributed by atoms with E-state index in [1.165, 1.54) is 30.0 Å². The van der Waals surface area contributed by atoms with Gasteiger partial charge in [0.1, 0.15) is 6.61 Å². The van der Waals surface area contributed by atoms with E-state index in [2.05, 4.69) is 20.9 Å². The third-order valence-electron chi connectivity index (χ3n) is 6.94. The maximum absolute atomic E-state index is 14.0. The van der Waals surface area contributed by atoms with Crippen molar-refractivity contribution >= 4 is 68.2 Å². The predicted molar refractivity (Wildman–Crippen MR) is 182 cm³/mol. The van der Waals surface area contributed by atoms with Crippen LogP contribution in [0.4, 0.5) is 5.69 Å². The molecule has 47 heavy (non-hydrogen) atoms. The lowest BCUT2D eigenvalue weighted by Gasteiger charge is -2.23. The lowest BCUT2D eigenvalue weighted by Crippen LogP contribution is -2.39. The van der Waals surface area contributed by atoms with Crippen molar-refractivity contribution in [3.8, 4) is 17.2 Å². The minimum absolute atomic E-state index is 0.0112. The first-order chi connectivity index (χ1) is 22.6. The van der Waals surface area contributed by atoms with Crippen molar-refractivity contribution in [2.24, 2.45) is 4.99 Å². The van der Waals surface area contributed by atoms with Crippen LogP contribution in [-0.4, -0.2) is 35.8 Å². The van der Waals surface area contributed by atoms with Gasteiger partial charge in [0, 0.05) is 27.9 Å². The molecule has 4 aromatic rings. The predicted octanol–water partition coefficient (Wildman–Crippen LogP) is 6.37. The van der Waals surface area contributed by atoms with Crippen LogP contribution in [0.1, 0.15) is 36.6 Å². The van der Waals surface area contributed by atoms with E-state index in [4.69, 9.17) is 42.1 Å². The van der Waals surface area contributed by atoms with E-state index in [-0.39, 0.29) is 28.1 Å². The molecule has 2 heterocycles. The first-order valence-electron chi connectivity index (χ1n) is 14.1. The Morgan fingerprint density at radius 3 is 2.51 bits per heavy atom. The van der Waals surface area contributed by atoms with Crippen LogP contribution < -0.4 is 29.1 Å². The van der Waals surface area contributed by atoms with E-state index in [9.17, 15) is 19.7 Å². The summed E-state index contributed by atoms with van der Waals surface area (Å²) in [6, 6.07) is 12.0. The molecular formula is C32H26BrCl2N3O8S. The Bertz CT molecular complexity index is 2100. The molecule has 0 N–H and O–H groups in total. The molecule has 0 aliphatic carbocycles. The fourth-order valence-corrected chi connectivity index (χ4v) is 6.90. The molecule has 0 spiro atoms. The number of methoxy groups -OCH3 is 1. The molecule has 15 heteroatoms. The Morgan fingerprint density at radius 1 is 1.09 bits per heavy atom. The summed E-state index contributed by atoms with van der Waals surface area (Å²) in [6.07, 6.45) is 2.90. The van der Waals surface area contributed by atoms with Gasteiger partial charge in [0.15, 0.2) is 16.3 Å². The number of halogens is 3. The number of carbonyl (C=O) groups excluding carboxylic acids is 1. The van der Waals surface area contributed by atoms with Crippen LogP contribution in [0.15, 0.2) is 74.6 Å². The van der Waals surface area contributed by atoms with E-state index in [1.807, 2.05) is 13.8 Å². The van der Waals surface area contributed by atoms with Gasteiger partial charge in [0.2, 0.25) is 5.75 Å². The van der Waals surface area contributed by atoms with E-state index < -0.39 is 22.5 Å². The minimum Gasteiger partial charge on any atom is -0.490 e. The molecule has 1 aliphatic rings. The number of fused-ring (bicyclic) bond motifs is 1. The number of aromatic nitrogens is 1. The molecule has 0 bridgehead atoms. The maximum atomic E-state index is 14.0. The summed E-state index contributed by atoms with van der Waals surface area (Å²) in [4.78, 5) is 43.1. The summed E-state index contributed by atoms with van der Waals surface area (Å²) in [5, 5.41) is 12.9. The standard InChI is InChI=1S/C32H26BrCl2N3O8S/c1-4-44-25-9-7-18(13-26(25)45-5-2)28-21(31(40)43-3)15-36-32-37(28)30(39)27(47-32)12-17-10-22(33)29(24(11-17)38(41)42)46-16-19-6-8-20(34)14-23(19)35/h6-15,28H,4-5,16H2,1-3H3/b27-12+/t28-/m0/s1. The summed E-state index contributed by atoms with van der Waals surface area (Å²) in [5.41, 5.74) is 0.859. The number of carbonyl (C=O) groups is 1. The van der Waals surface area contributed by atoms with Crippen molar-refractivity contribution in [3.05, 3.63) is 121 Å². The number of nitro benzene ring substituents is 1. The van der Waals surface area contributed by atoms with Crippen LogP contribution in [-0.2, 0) is 16.1 Å². The van der Waals surface area contributed by atoms with Crippen molar-refractivity contribution in [1.29, 1.82) is 0 Å². The van der Waals surface area contributed by atoms with E-state index in [0.717, 1.165) is 11.3 Å². The van der Waals surface area contributed by atoms with Crippen molar-refractivity contribution < 1.29 is 28.7 Å². The second kappa shape index (κ2) is 14.7. The molecule has 0 saturated carbocycles. The molecule has 0 amide bonds. The van der Waals surface area contributed by atoms with Gasteiger partial charge in [-0.2, -0.15) is 0 Å². The van der Waals surface area contributed by atoms with Gasteiger partial charge in [-0.3, -0.25) is 19.5 Å². The van der Waals surface area contributed by atoms with Crippen molar-refractivity contribution in [2.45, 2.75) is 26.5 Å². The van der Waals surface area contributed by atoms with Gasteiger partial charge < -0.3 is 18.9 Å². The van der Waals surface area contributed by atoms with Crippen molar-refractivity contribution in [2.75, 3.05) is 20.3 Å². The molecule has 0 radical (unpaired) electrons. The Hall–Kier alpha value is -4.17. The Morgan fingerprint density at radius 2 is 1.83 bits per heavy atom. The fourth-order valence-electron chi connectivity index (χ4n) is 4.89. The highest BCUT2D eigenvalue weighted by Crippen LogP contribution is 2.38. The zero-order valence-electron chi connectivity index (χ0n) is 25.1. The quantitative estimate of drug-likeness (QED) is 0.0979. The van der Waals surface area contributed by atoms with E-state index >= 15 is 0 Å². The van der Waals surface area contributed by atoms with Crippen molar-refractivity contribution in [3.63, 3.8) is 0 Å². The highest BCUT2D eigenvalue weighted by Gasteiger charge is 2.31. The highest BCUT2D eigenvalue weighted by molar-refractivity contribution is 9.10. The second-order valence-corrected chi connectivity index (χ2v) is 12.6. The number of esters is 1. The lowest BCUT2D eigenvalue weighted by atomic mass is 9.97. The third-order valence-corrected chi connectivity index (χ3v) is 9.11. The largest absolute Gasteiger partial charge is 0.490 e. The first kappa shape index (κ1) is 34.2. The molecule has 1 aliphatic heterocycles. The highest BCUT2D eigenvalue weighted by atomic mass is 79.9. The molecule has 1 aromatic heterocycles. The molecule has 3 aromatic carbocycles. The molecule has 11 nitrogen and oxygen atoms in total. The summed E-state index contributed by atoms with van der Waals surface area (Å²) >= 11 is 16.7. The number of hydrogen-bond acceptors (Lipinski definition) is 10. The number of ether oxygens (including phenoxy) is 4. The maximum Gasteiger partial charge on any atom is 0.337 e. The summed E-state index contributed by atoms with van der Waals surface area (Å²) < 4.78 is 24.2. The molecule has 244 valence electrons. The molecular weight excluding hydrogens is 737 g/mol. The Balaban J connectivity index is 1.58. The number of rotatable bonds is 11. The number of benzene rings is 3. The van der Waals surface area contributed by atoms with Crippen molar-refractivity contribution in [1.82, 2.24) is 4.57 Å². The SMILES string of the molecule is CCOc1ccc([C@H]2C(C(=O)OC)=CN=c3s/c(=C/c4cc(Br)c(OCc5ccc(Cl)cc5Cl)c([N+](=O)[O-])c4)c(=O)n32)cc1OCC. The molecule has 0 unspecified atom stereocenters. The summed E-state index contributed by atoms with van der Waals surface area (Å²) in [7, 11) is 1.25. The van der Waals surface area contributed by atoms with Crippen LogP contribution in [0.2, 0.25) is 10.0 Å². The number of nitrogens with zero attached hydrogens (tertiary/aromatic N) is 3. The van der Waals surface area contributed by atoms with E-state index in [1.54, 1.807) is 42.5 Å². The number of thiazole rings is 1. The Kier molecular flexibility index (Phi) is 10.7. The molecule has 1 atom stereocenters. The van der Waals surface area contributed by atoms with Crippen LogP contribution in [0, 0.1) is 10.1 Å². The van der Waals surface area contributed by atoms with Crippen LogP contribution in [0.3, 0.4) is 0 Å². The average molecular weight is 763 g/mol. The topological polar surface area (TPSA) is 131 Å². The lowest BCUT2D eigenvalue weighted by molar-refractivity contribution is -0.386. The Labute approximate surface area is 290 Å². The van der Waals surface area contributed by atoms with Crippen LogP contribution in [0.5, 0.6) is 17.2 Å². The van der Waals surface area contributed by atoms with Gasteiger partial charge >= 0.3 is 11.7 Å². The molecule has 0 saturated heterocycles. The van der Waals surface area contributed by atoms with Gasteiger partial charge in [-0.25, -0.2) is 9.79 Å². The van der Waals surface area contributed by atoms with E-state index in [0.29, 0.717) is 60.7 Å². The number of hydrogen-bond donors (Lipinski definition) is 0.